The van der Waals surface area contributed by atoms with Gasteiger partial charge in [-0.25, -0.2) is 0 Å². The van der Waals surface area contributed by atoms with Gasteiger partial charge >= 0.3 is 6.18 Å². The van der Waals surface area contributed by atoms with Crippen molar-refractivity contribution in [2.24, 2.45) is 10.8 Å². The van der Waals surface area contributed by atoms with Gasteiger partial charge in [0.2, 0.25) is 5.91 Å². The highest BCUT2D eigenvalue weighted by Gasteiger charge is 2.61. The molecule has 1 aliphatic heterocycles. The molecule has 20 heavy (non-hydrogen) atoms. The van der Waals surface area contributed by atoms with Crippen LogP contribution in [0.25, 0.3) is 0 Å². The summed E-state index contributed by atoms with van der Waals surface area (Å²) in [6.07, 6.45) is -4.07. The quantitative estimate of drug-likeness (QED) is 0.784. The first-order valence-electron chi connectivity index (χ1n) is 6.69. The maximum Gasteiger partial charge on any atom is 0.404 e. The van der Waals surface area contributed by atoms with Crippen molar-refractivity contribution in [1.82, 2.24) is 10.6 Å². The molecule has 0 bridgehead atoms. The number of nitrogens with one attached hydrogen (secondary N) is 2. The number of carbonyl (C=O) groups excluding carboxylic acids is 1. The van der Waals surface area contributed by atoms with E-state index in [9.17, 15) is 18.0 Å². The molecule has 1 unspecified atom stereocenters. The normalized spacial score (nSPS) is 23.9. The number of carbonyl (C=O) groups is 1. The molecule has 1 saturated heterocycles. The van der Waals surface area contributed by atoms with E-state index in [1.165, 1.54) is 0 Å². The van der Waals surface area contributed by atoms with Crippen LogP contribution < -0.4 is 10.6 Å². The van der Waals surface area contributed by atoms with Crippen LogP contribution in [0, 0.1) is 10.8 Å². The Morgan fingerprint density at radius 2 is 2.05 bits per heavy atom. The monoisotopic (exact) mass is 296 g/mol. The van der Waals surface area contributed by atoms with Crippen molar-refractivity contribution in [1.29, 1.82) is 0 Å². The molecule has 0 aromatic heterocycles. The van der Waals surface area contributed by atoms with Gasteiger partial charge in [-0.15, -0.1) is 0 Å². The summed E-state index contributed by atoms with van der Waals surface area (Å²) in [4.78, 5) is 12.0. The molecule has 0 spiro atoms. The van der Waals surface area contributed by atoms with Crippen molar-refractivity contribution in [3.05, 3.63) is 0 Å². The molecule has 1 heterocycles. The number of hydrogen-bond donors (Lipinski definition) is 2. The highest BCUT2D eigenvalue weighted by molar-refractivity contribution is 5.84. The third kappa shape index (κ3) is 3.85. The third-order valence-corrected chi connectivity index (χ3v) is 3.84. The summed E-state index contributed by atoms with van der Waals surface area (Å²) in [5, 5.41) is 5.10. The number of alkyl halides is 3. The molecule has 0 aromatic rings. The Labute approximate surface area is 117 Å². The van der Waals surface area contributed by atoms with Crippen molar-refractivity contribution in [3.63, 3.8) is 0 Å². The zero-order chi connectivity index (χ0) is 15.4. The first-order valence-corrected chi connectivity index (χ1v) is 6.69. The molecule has 0 aromatic carbocycles. The lowest BCUT2D eigenvalue weighted by Gasteiger charge is -2.32. The van der Waals surface area contributed by atoms with Crippen LogP contribution in [0.2, 0.25) is 0 Å². The molecule has 0 radical (unpaired) electrons. The minimum Gasteiger partial charge on any atom is -0.385 e. The Morgan fingerprint density at radius 3 is 2.50 bits per heavy atom. The Morgan fingerprint density at radius 1 is 1.40 bits per heavy atom. The summed E-state index contributed by atoms with van der Waals surface area (Å²) in [7, 11) is 1.57. The minimum atomic E-state index is -4.53. The summed E-state index contributed by atoms with van der Waals surface area (Å²) in [6, 6.07) is 0. The van der Waals surface area contributed by atoms with Crippen LogP contribution in [0.4, 0.5) is 13.2 Å². The Kier molecular flexibility index (Phi) is 5.43. The van der Waals surface area contributed by atoms with Crippen LogP contribution in [-0.4, -0.2) is 45.4 Å². The lowest BCUT2D eigenvalue weighted by Crippen LogP contribution is -2.53. The lowest BCUT2D eigenvalue weighted by atomic mass is 9.84. The van der Waals surface area contributed by atoms with E-state index in [1.807, 2.05) is 13.8 Å². The van der Waals surface area contributed by atoms with Gasteiger partial charge in [0, 0.05) is 26.8 Å². The van der Waals surface area contributed by atoms with Gasteiger partial charge in [-0.2, -0.15) is 13.2 Å². The van der Waals surface area contributed by atoms with E-state index in [0.717, 1.165) is 0 Å². The fourth-order valence-electron chi connectivity index (χ4n) is 2.21. The molecule has 1 atom stereocenters. The molecule has 1 rings (SSSR count). The second-order valence-electron chi connectivity index (χ2n) is 6.10. The summed E-state index contributed by atoms with van der Waals surface area (Å²) in [5.74, 6) is -0.930. The van der Waals surface area contributed by atoms with E-state index in [-0.39, 0.29) is 31.5 Å². The smallest absolute Gasteiger partial charge is 0.385 e. The Balaban J connectivity index is 2.65. The van der Waals surface area contributed by atoms with E-state index in [4.69, 9.17) is 4.74 Å². The van der Waals surface area contributed by atoms with Crippen molar-refractivity contribution in [2.45, 2.75) is 32.9 Å². The molecule has 2 N–H and O–H groups in total. The first kappa shape index (κ1) is 17.2. The highest BCUT2D eigenvalue weighted by atomic mass is 19.4. The average Bonchev–Trinajstić information content (AvgIpc) is 2.83. The second-order valence-corrected chi connectivity index (χ2v) is 6.10. The fraction of sp³-hybridized carbons (Fsp3) is 0.923. The average molecular weight is 296 g/mol. The zero-order valence-electron chi connectivity index (χ0n) is 12.2. The maximum absolute atomic E-state index is 13.2. The fourth-order valence-corrected chi connectivity index (χ4v) is 2.21. The minimum absolute atomic E-state index is 0.201. The van der Waals surface area contributed by atoms with Gasteiger partial charge in [-0.1, -0.05) is 13.8 Å². The van der Waals surface area contributed by atoms with Gasteiger partial charge in [-0.05, 0) is 24.8 Å². The number of hydrogen-bond acceptors (Lipinski definition) is 3. The zero-order valence-corrected chi connectivity index (χ0v) is 12.2. The van der Waals surface area contributed by atoms with E-state index >= 15 is 0 Å². The van der Waals surface area contributed by atoms with Gasteiger partial charge in [0.15, 0.2) is 5.41 Å². The van der Waals surface area contributed by atoms with E-state index in [2.05, 4.69) is 10.6 Å². The van der Waals surface area contributed by atoms with Crippen molar-refractivity contribution in [3.8, 4) is 0 Å². The van der Waals surface area contributed by atoms with Gasteiger partial charge in [0.05, 0.1) is 0 Å². The topological polar surface area (TPSA) is 50.4 Å². The third-order valence-electron chi connectivity index (χ3n) is 3.84. The predicted molar refractivity (Wildman–Crippen MR) is 69.3 cm³/mol. The molecule has 1 aliphatic rings. The number of ether oxygens (including phenoxy) is 1. The van der Waals surface area contributed by atoms with Crippen LogP contribution in [0.15, 0.2) is 0 Å². The van der Waals surface area contributed by atoms with Gasteiger partial charge in [-0.3, -0.25) is 4.79 Å². The molecule has 0 aliphatic carbocycles. The van der Waals surface area contributed by atoms with E-state index in [1.54, 1.807) is 7.11 Å². The molecule has 1 fully saturated rings. The van der Waals surface area contributed by atoms with Crippen LogP contribution in [0.3, 0.4) is 0 Å². The second kappa shape index (κ2) is 6.30. The van der Waals surface area contributed by atoms with Crippen molar-refractivity contribution >= 4 is 5.91 Å². The van der Waals surface area contributed by atoms with Gasteiger partial charge in [0.1, 0.15) is 0 Å². The first-order chi connectivity index (χ1) is 9.15. The summed E-state index contributed by atoms with van der Waals surface area (Å²) in [5.41, 5.74) is -2.59. The van der Waals surface area contributed by atoms with E-state index < -0.39 is 17.5 Å². The largest absolute Gasteiger partial charge is 0.404 e. The molecule has 4 nitrogen and oxygen atoms in total. The van der Waals surface area contributed by atoms with E-state index in [0.29, 0.717) is 13.0 Å². The van der Waals surface area contributed by atoms with Crippen LogP contribution in [-0.2, 0) is 9.53 Å². The number of amides is 1. The molecular weight excluding hydrogens is 273 g/mol. The van der Waals surface area contributed by atoms with Crippen LogP contribution >= 0.6 is 0 Å². The Bertz CT molecular complexity index is 337. The molecule has 118 valence electrons. The Hall–Kier alpha value is -0.820. The maximum atomic E-state index is 13.2. The molecule has 1 amide bonds. The molecular formula is C13H23F3N2O2. The van der Waals surface area contributed by atoms with Gasteiger partial charge in [0.25, 0.3) is 0 Å². The molecule has 0 saturated carbocycles. The standard InChI is InChI=1S/C13H23F3N2O2/c1-11(2,5-7-20-3)8-18-10(19)12(13(14,15)16)4-6-17-9-12/h17H,4-9H2,1-3H3,(H,18,19). The number of rotatable bonds is 6. The number of methoxy groups -OCH3 is 1. The van der Waals surface area contributed by atoms with Crippen LogP contribution in [0.5, 0.6) is 0 Å². The highest BCUT2D eigenvalue weighted by Crippen LogP contribution is 2.43. The van der Waals surface area contributed by atoms with Gasteiger partial charge < -0.3 is 15.4 Å². The molecule has 7 heteroatoms. The summed E-state index contributed by atoms with van der Waals surface area (Å²) >= 11 is 0. The summed E-state index contributed by atoms with van der Waals surface area (Å²) < 4.78 is 44.5. The van der Waals surface area contributed by atoms with Crippen molar-refractivity contribution < 1.29 is 22.7 Å². The SMILES string of the molecule is COCCC(C)(C)CNC(=O)C1(C(F)(F)F)CCNC1. The number of halogens is 3. The lowest BCUT2D eigenvalue weighted by molar-refractivity contribution is -0.216. The van der Waals surface area contributed by atoms with Crippen LogP contribution in [0.1, 0.15) is 26.7 Å². The predicted octanol–water partition coefficient (Wildman–Crippen LogP) is 1.71. The van der Waals surface area contributed by atoms with Crippen molar-refractivity contribution in [2.75, 3.05) is 33.4 Å². The summed E-state index contributed by atoms with van der Waals surface area (Å²) in [6.45, 7) is 4.35.